The Balaban J connectivity index is 1.49. The quantitative estimate of drug-likeness (QED) is 0.750. The fourth-order valence-corrected chi connectivity index (χ4v) is 2.97. The molecule has 2 heterocycles. The Morgan fingerprint density at radius 1 is 1.20 bits per heavy atom. The molecule has 126 valence electrons. The van der Waals surface area contributed by atoms with Crippen molar-refractivity contribution in [1.29, 1.82) is 0 Å². The maximum Gasteiger partial charge on any atom is 0.252 e. The first kappa shape index (κ1) is 15.7. The molecule has 0 bridgehead atoms. The van der Waals surface area contributed by atoms with E-state index in [-0.39, 0.29) is 11.9 Å². The first-order chi connectivity index (χ1) is 12.2. The van der Waals surface area contributed by atoms with Crippen molar-refractivity contribution in [3.8, 4) is 11.4 Å². The number of rotatable bonds is 4. The molecule has 0 spiro atoms. The van der Waals surface area contributed by atoms with Crippen LogP contribution in [0.2, 0.25) is 5.02 Å². The van der Waals surface area contributed by atoms with Gasteiger partial charge >= 0.3 is 0 Å². The smallest absolute Gasteiger partial charge is 0.252 e. The zero-order chi connectivity index (χ0) is 17.2. The highest BCUT2D eigenvalue weighted by Gasteiger charge is 2.27. The summed E-state index contributed by atoms with van der Waals surface area (Å²) in [6.45, 7) is 0.583. The van der Waals surface area contributed by atoms with Crippen LogP contribution in [-0.4, -0.2) is 33.3 Å². The van der Waals surface area contributed by atoms with Gasteiger partial charge in [0.1, 0.15) is 0 Å². The fourth-order valence-electron chi connectivity index (χ4n) is 2.78. The van der Waals surface area contributed by atoms with Gasteiger partial charge in [0.25, 0.3) is 5.91 Å². The molecule has 25 heavy (non-hydrogen) atoms. The Hall–Kier alpha value is -2.86. The minimum Gasteiger partial charge on any atom is -0.383 e. The molecule has 1 aliphatic heterocycles. The van der Waals surface area contributed by atoms with E-state index in [1.165, 1.54) is 4.68 Å². The first-order valence-corrected chi connectivity index (χ1v) is 8.38. The summed E-state index contributed by atoms with van der Waals surface area (Å²) in [6, 6.07) is 17.0. The second kappa shape index (κ2) is 6.57. The minimum atomic E-state index is -0.0682. The number of halogens is 1. The average molecular weight is 354 g/mol. The molecule has 1 atom stereocenters. The summed E-state index contributed by atoms with van der Waals surface area (Å²) < 4.78 is 1.35. The van der Waals surface area contributed by atoms with Gasteiger partial charge in [0.05, 0.1) is 12.5 Å². The van der Waals surface area contributed by atoms with Crippen molar-refractivity contribution in [1.82, 2.24) is 14.8 Å². The molecule has 7 heteroatoms. The Labute approximate surface area is 149 Å². The van der Waals surface area contributed by atoms with E-state index in [1.54, 1.807) is 0 Å². The van der Waals surface area contributed by atoms with Gasteiger partial charge in [0, 0.05) is 22.8 Å². The van der Waals surface area contributed by atoms with Gasteiger partial charge in [-0.1, -0.05) is 48.0 Å². The number of nitrogens with one attached hydrogen (secondary N) is 2. The second-order valence-electron chi connectivity index (χ2n) is 5.87. The summed E-state index contributed by atoms with van der Waals surface area (Å²) in [5.41, 5.74) is 1.80. The van der Waals surface area contributed by atoms with Gasteiger partial charge in [-0.3, -0.25) is 4.79 Å². The van der Waals surface area contributed by atoms with Crippen molar-refractivity contribution in [3.63, 3.8) is 0 Å². The Morgan fingerprint density at radius 3 is 2.84 bits per heavy atom. The number of fused-ring (bicyclic) bond motifs is 1. The second-order valence-corrected chi connectivity index (χ2v) is 6.30. The lowest BCUT2D eigenvalue weighted by Crippen LogP contribution is -2.38. The molecule has 3 aromatic rings. The number of aromatic nitrogens is 3. The van der Waals surface area contributed by atoms with Crippen LogP contribution in [0.5, 0.6) is 0 Å². The van der Waals surface area contributed by atoms with Gasteiger partial charge in [-0.05, 0) is 18.2 Å². The molecule has 0 saturated heterocycles. The number of anilines is 2. The Bertz CT molecular complexity index is 909. The van der Waals surface area contributed by atoms with Gasteiger partial charge in [-0.2, -0.15) is 9.67 Å². The molecule has 1 unspecified atom stereocenters. The lowest BCUT2D eigenvalue weighted by molar-refractivity contribution is 0.0874. The maximum atomic E-state index is 12.4. The molecule has 6 nitrogen and oxygen atoms in total. The zero-order valence-corrected chi connectivity index (χ0v) is 14.1. The summed E-state index contributed by atoms with van der Waals surface area (Å²) in [6.07, 6.45) is 0.345. The van der Waals surface area contributed by atoms with E-state index in [0.717, 1.165) is 11.3 Å². The third-order valence-corrected chi connectivity index (χ3v) is 4.24. The van der Waals surface area contributed by atoms with E-state index >= 15 is 0 Å². The van der Waals surface area contributed by atoms with E-state index in [9.17, 15) is 4.79 Å². The van der Waals surface area contributed by atoms with Crippen molar-refractivity contribution in [2.75, 3.05) is 17.2 Å². The zero-order valence-electron chi connectivity index (χ0n) is 13.3. The molecule has 2 aromatic carbocycles. The van der Waals surface area contributed by atoms with Crippen LogP contribution < -0.4 is 10.6 Å². The van der Waals surface area contributed by atoms with Crippen molar-refractivity contribution in [2.24, 2.45) is 0 Å². The van der Waals surface area contributed by atoms with E-state index in [4.69, 9.17) is 11.6 Å². The standard InChI is InChI=1S/C18H16ClN5O/c19-13-7-4-8-14(9-13)20-11-15-10-16(25)24-18(21-15)22-17(23-24)12-5-2-1-3-6-12/h1-9,15,20H,10-11H2,(H,21,22,23). The number of nitrogens with zero attached hydrogens (tertiary/aromatic N) is 3. The van der Waals surface area contributed by atoms with E-state index in [0.29, 0.717) is 29.8 Å². The number of carbonyl (C=O) groups is 1. The summed E-state index contributed by atoms with van der Waals surface area (Å²) in [5.74, 6) is 0.953. The molecule has 0 saturated carbocycles. The van der Waals surface area contributed by atoms with Crippen LogP contribution in [0.3, 0.4) is 0 Å². The molecule has 0 amide bonds. The van der Waals surface area contributed by atoms with Crippen molar-refractivity contribution in [2.45, 2.75) is 12.5 Å². The number of hydrogen-bond donors (Lipinski definition) is 2. The van der Waals surface area contributed by atoms with Crippen LogP contribution >= 0.6 is 11.6 Å². The highest BCUT2D eigenvalue weighted by molar-refractivity contribution is 6.30. The van der Waals surface area contributed by atoms with E-state index in [1.807, 2.05) is 54.6 Å². The predicted molar refractivity (Wildman–Crippen MR) is 98.1 cm³/mol. The van der Waals surface area contributed by atoms with Crippen LogP contribution in [-0.2, 0) is 0 Å². The predicted octanol–water partition coefficient (Wildman–Crippen LogP) is 3.54. The topological polar surface area (TPSA) is 71.8 Å². The summed E-state index contributed by atoms with van der Waals surface area (Å²) in [7, 11) is 0. The third kappa shape index (κ3) is 3.34. The van der Waals surface area contributed by atoms with Gasteiger partial charge in [0.2, 0.25) is 5.95 Å². The van der Waals surface area contributed by atoms with Gasteiger partial charge in [0.15, 0.2) is 5.82 Å². The van der Waals surface area contributed by atoms with Crippen LogP contribution in [0, 0.1) is 0 Å². The van der Waals surface area contributed by atoms with Crippen molar-refractivity contribution in [3.05, 3.63) is 59.6 Å². The molecule has 1 aromatic heterocycles. The molecule has 0 radical (unpaired) electrons. The normalized spacial score (nSPS) is 16.2. The summed E-state index contributed by atoms with van der Waals surface area (Å²) in [4.78, 5) is 16.8. The van der Waals surface area contributed by atoms with Crippen LogP contribution in [0.4, 0.5) is 11.6 Å². The molecule has 0 fully saturated rings. The molecular weight excluding hydrogens is 338 g/mol. The molecule has 2 N–H and O–H groups in total. The lowest BCUT2D eigenvalue weighted by Gasteiger charge is -2.23. The first-order valence-electron chi connectivity index (χ1n) is 8.01. The number of benzene rings is 2. The molecular formula is C18H16ClN5O. The van der Waals surface area contributed by atoms with Gasteiger partial charge in [-0.15, -0.1) is 5.10 Å². The van der Waals surface area contributed by atoms with Crippen molar-refractivity contribution < 1.29 is 4.79 Å². The largest absolute Gasteiger partial charge is 0.383 e. The molecule has 1 aliphatic rings. The van der Waals surface area contributed by atoms with Crippen LogP contribution in [0.25, 0.3) is 11.4 Å². The highest BCUT2D eigenvalue weighted by atomic mass is 35.5. The number of hydrogen-bond acceptors (Lipinski definition) is 5. The monoisotopic (exact) mass is 353 g/mol. The fraction of sp³-hybridized carbons (Fsp3) is 0.167. The van der Waals surface area contributed by atoms with E-state index in [2.05, 4.69) is 20.7 Å². The Kier molecular flexibility index (Phi) is 4.11. The van der Waals surface area contributed by atoms with Crippen LogP contribution in [0.15, 0.2) is 54.6 Å². The lowest BCUT2D eigenvalue weighted by atomic mass is 10.1. The maximum absolute atomic E-state index is 12.4. The SMILES string of the molecule is O=C1CC(CNc2cccc(Cl)c2)Nc2nc(-c3ccccc3)nn21. The van der Waals surface area contributed by atoms with Crippen molar-refractivity contribution >= 4 is 29.1 Å². The van der Waals surface area contributed by atoms with Gasteiger partial charge in [-0.25, -0.2) is 0 Å². The highest BCUT2D eigenvalue weighted by Crippen LogP contribution is 2.22. The van der Waals surface area contributed by atoms with Crippen LogP contribution in [0.1, 0.15) is 11.2 Å². The summed E-state index contributed by atoms with van der Waals surface area (Å²) >= 11 is 5.99. The molecule has 4 rings (SSSR count). The number of carbonyl (C=O) groups excluding carboxylic acids is 1. The Morgan fingerprint density at radius 2 is 2.04 bits per heavy atom. The van der Waals surface area contributed by atoms with Gasteiger partial charge < -0.3 is 10.6 Å². The third-order valence-electron chi connectivity index (χ3n) is 4.01. The van der Waals surface area contributed by atoms with E-state index < -0.39 is 0 Å². The minimum absolute atomic E-state index is 0.0631. The average Bonchev–Trinajstić information content (AvgIpc) is 3.06. The summed E-state index contributed by atoms with van der Waals surface area (Å²) in [5, 5.41) is 11.6. The molecule has 0 aliphatic carbocycles.